The average Bonchev–Trinajstić information content (AvgIpc) is 3.29. The largest absolute Gasteiger partial charge is 0.346 e. The predicted molar refractivity (Wildman–Crippen MR) is 95.8 cm³/mol. The Morgan fingerprint density at radius 3 is 2.64 bits per heavy atom. The molecule has 8 heteroatoms. The molecule has 3 aliphatic rings. The van der Waals surface area contributed by atoms with Crippen molar-refractivity contribution in [1.29, 1.82) is 0 Å². The zero-order chi connectivity index (χ0) is 17.6. The van der Waals surface area contributed by atoms with Gasteiger partial charge >= 0.3 is 0 Å². The van der Waals surface area contributed by atoms with Crippen LogP contribution in [0.15, 0.2) is 29.3 Å². The first-order valence-corrected chi connectivity index (χ1v) is 11.1. The summed E-state index contributed by atoms with van der Waals surface area (Å²) in [4.78, 5) is 18.3. The second kappa shape index (κ2) is 6.39. The Labute approximate surface area is 150 Å². The van der Waals surface area contributed by atoms with E-state index < -0.39 is 9.84 Å². The van der Waals surface area contributed by atoms with E-state index in [1.54, 1.807) is 12.1 Å². The second-order valence-electron chi connectivity index (χ2n) is 6.88. The van der Waals surface area contributed by atoms with Crippen LogP contribution in [-0.4, -0.2) is 53.7 Å². The predicted octanol–water partition coefficient (Wildman–Crippen LogP) is 1.88. The van der Waals surface area contributed by atoms with Gasteiger partial charge in [0.15, 0.2) is 15.0 Å². The molecule has 0 aromatic heterocycles. The first-order valence-electron chi connectivity index (χ1n) is 8.42. The smallest absolute Gasteiger partial charge is 0.251 e. The molecule has 0 N–H and O–H groups in total. The van der Waals surface area contributed by atoms with Gasteiger partial charge in [0, 0.05) is 17.7 Å². The standard InChI is InChI=1S/C17H19FN2O3S2/c18-13-5-1-11(2-6-13)7-8-20-14-9-25(22,23)10-15(14)24-17(20)19-16(21)12-3-4-12/h1-2,5-6,12,14-15H,3-4,7-10H2/t14-,15-/m1/s1. The molecule has 0 spiro atoms. The van der Waals surface area contributed by atoms with Gasteiger partial charge in [-0.15, -0.1) is 0 Å². The first kappa shape index (κ1) is 17.0. The molecule has 1 saturated carbocycles. The molecule has 25 heavy (non-hydrogen) atoms. The van der Waals surface area contributed by atoms with Gasteiger partial charge in [-0.25, -0.2) is 12.8 Å². The molecule has 0 bridgehead atoms. The number of benzene rings is 1. The third-order valence-corrected chi connectivity index (χ3v) is 8.11. The molecule has 2 heterocycles. The average molecular weight is 382 g/mol. The van der Waals surface area contributed by atoms with Crippen LogP contribution in [0.25, 0.3) is 0 Å². The second-order valence-corrected chi connectivity index (χ2v) is 10.2. The number of carbonyl (C=O) groups is 1. The number of sulfone groups is 1. The summed E-state index contributed by atoms with van der Waals surface area (Å²) in [5, 5.41) is 0.605. The van der Waals surface area contributed by atoms with E-state index in [0.717, 1.165) is 18.4 Å². The van der Waals surface area contributed by atoms with Crippen LogP contribution >= 0.6 is 11.8 Å². The Kier molecular flexibility index (Phi) is 4.35. The van der Waals surface area contributed by atoms with Crippen molar-refractivity contribution in [2.45, 2.75) is 30.6 Å². The van der Waals surface area contributed by atoms with Crippen molar-refractivity contribution >= 4 is 32.7 Å². The van der Waals surface area contributed by atoms with Gasteiger partial charge < -0.3 is 4.90 Å². The number of fused-ring (bicyclic) bond motifs is 1. The lowest BCUT2D eigenvalue weighted by atomic mass is 10.1. The summed E-state index contributed by atoms with van der Waals surface area (Å²) in [6.07, 6.45) is 2.45. The summed E-state index contributed by atoms with van der Waals surface area (Å²) in [7, 11) is -3.03. The van der Waals surface area contributed by atoms with Crippen LogP contribution in [0, 0.1) is 11.7 Å². The minimum Gasteiger partial charge on any atom is -0.346 e. The number of carbonyl (C=O) groups excluding carboxylic acids is 1. The van der Waals surface area contributed by atoms with Crippen molar-refractivity contribution in [3.63, 3.8) is 0 Å². The van der Waals surface area contributed by atoms with Gasteiger partial charge in [0.1, 0.15) is 5.82 Å². The Bertz CT molecular complexity index is 819. The minimum atomic E-state index is -3.03. The molecule has 2 saturated heterocycles. The van der Waals surface area contributed by atoms with E-state index in [9.17, 15) is 17.6 Å². The highest BCUT2D eigenvalue weighted by Crippen LogP contribution is 2.39. The SMILES string of the molecule is O=C(N=C1S[C@@H]2CS(=O)(=O)C[C@H]2N1CCc1ccc(F)cc1)C1CC1. The van der Waals surface area contributed by atoms with E-state index in [2.05, 4.69) is 4.99 Å². The maximum atomic E-state index is 13.0. The van der Waals surface area contributed by atoms with Crippen molar-refractivity contribution < 1.29 is 17.6 Å². The van der Waals surface area contributed by atoms with Crippen molar-refractivity contribution in [1.82, 2.24) is 4.90 Å². The highest BCUT2D eigenvalue weighted by atomic mass is 32.2. The molecule has 0 radical (unpaired) electrons. The van der Waals surface area contributed by atoms with Crippen LogP contribution in [-0.2, 0) is 21.1 Å². The van der Waals surface area contributed by atoms with Gasteiger partial charge in [-0.1, -0.05) is 23.9 Å². The molecule has 1 amide bonds. The quantitative estimate of drug-likeness (QED) is 0.795. The van der Waals surface area contributed by atoms with E-state index in [4.69, 9.17) is 0 Å². The number of nitrogens with zero attached hydrogens (tertiary/aromatic N) is 2. The highest BCUT2D eigenvalue weighted by Gasteiger charge is 2.48. The summed E-state index contributed by atoms with van der Waals surface area (Å²) >= 11 is 1.42. The molecule has 1 aromatic carbocycles. The fourth-order valence-corrected chi connectivity index (χ4v) is 7.30. The molecule has 1 aromatic rings. The van der Waals surface area contributed by atoms with Gasteiger partial charge in [0.2, 0.25) is 0 Å². The van der Waals surface area contributed by atoms with Gasteiger partial charge in [-0.3, -0.25) is 4.79 Å². The number of rotatable bonds is 4. The third-order valence-electron chi connectivity index (χ3n) is 4.86. The highest BCUT2D eigenvalue weighted by molar-refractivity contribution is 8.15. The van der Waals surface area contributed by atoms with E-state index in [1.807, 2.05) is 4.90 Å². The molecule has 3 fully saturated rings. The van der Waals surface area contributed by atoms with Gasteiger partial charge in [0.25, 0.3) is 5.91 Å². The summed E-state index contributed by atoms with van der Waals surface area (Å²) in [5.74, 6) is -0.0513. The van der Waals surface area contributed by atoms with Crippen LogP contribution in [0.3, 0.4) is 0 Å². The van der Waals surface area contributed by atoms with Gasteiger partial charge in [0.05, 0.1) is 17.5 Å². The Balaban J connectivity index is 1.52. The van der Waals surface area contributed by atoms with E-state index in [-0.39, 0.29) is 40.4 Å². The Morgan fingerprint density at radius 2 is 1.96 bits per heavy atom. The van der Waals surface area contributed by atoms with Crippen LogP contribution in [0.5, 0.6) is 0 Å². The van der Waals surface area contributed by atoms with Crippen LogP contribution in [0.4, 0.5) is 4.39 Å². The maximum absolute atomic E-state index is 13.0. The van der Waals surface area contributed by atoms with Crippen LogP contribution < -0.4 is 0 Å². The van der Waals surface area contributed by atoms with Crippen LogP contribution in [0.1, 0.15) is 18.4 Å². The number of amides is 1. The molecule has 1 aliphatic carbocycles. The third kappa shape index (κ3) is 3.74. The summed E-state index contributed by atoms with van der Waals surface area (Å²) in [6.45, 7) is 0.575. The lowest BCUT2D eigenvalue weighted by Crippen LogP contribution is -2.39. The Hall–Kier alpha value is -1.41. The molecule has 2 atom stereocenters. The molecule has 4 rings (SSSR count). The maximum Gasteiger partial charge on any atom is 0.251 e. The molecule has 134 valence electrons. The summed E-state index contributed by atoms with van der Waals surface area (Å²) in [6, 6.07) is 6.17. The van der Waals surface area contributed by atoms with Crippen molar-refractivity contribution in [3.05, 3.63) is 35.6 Å². The lowest BCUT2D eigenvalue weighted by molar-refractivity contribution is -0.118. The number of amidine groups is 1. The van der Waals surface area contributed by atoms with Crippen molar-refractivity contribution in [2.24, 2.45) is 10.9 Å². The number of halogens is 1. The van der Waals surface area contributed by atoms with E-state index in [1.165, 1.54) is 23.9 Å². The zero-order valence-electron chi connectivity index (χ0n) is 13.6. The van der Waals surface area contributed by atoms with Crippen LogP contribution in [0.2, 0.25) is 0 Å². The van der Waals surface area contributed by atoms with Gasteiger partial charge in [-0.05, 0) is 37.0 Å². The zero-order valence-corrected chi connectivity index (χ0v) is 15.2. The summed E-state index contributed by atoms with van der Waals surface area (Å²) in [5.41, 5.74) is 0.976. The fraction of sp³-hybridized carbons (Fsp3) is 0.529. The molecule has 0 unspecified atom stereocenters. The van der Waals surface area contributed by atoms with E-state index >= 15 is 0 Å². The Morgan fingerprint density at radius 1 is 1.24 bits per heavy atom. The topological polar surface area (TPSA) is 66.8 Å². The first-order chi connectivity index (χ1) is 11.9. The van der Waals surface area contributed by atoms with Crippen molar-refractivity contribution in [3.8, 4) is 0 Å². The number of hydrogen-bond donors (Lipinski definition) is 0. The molecule has 5 nitrogen and oxygen atoms in total. The van der Waals surface area contributed by atoms with Gasteiger partial charge in [-0.2, -0.15) is 4.99 Å². The number of hydrogen-bond acceptors (Lipinski definition) is 4. The lowest BCUT2D eigenvalue weighted by Gasteiger charge is -2.24. The monoisotopic (exact) mass is 382 g/mol. The number of thioether (sulfide) groups is 1. The normalized spacial score (nSPS) is 29.2. The van der Waals surface area contributed by atoms with E-state index in [0.29, 0.717) is 18.1 Å². The number of aliphatic imine (C=N–C) groups is 1. The van der Waals surface area contributed by atoms with Crippen molar-refractivity contribution in [2.75, 3.05) is 18.1 Å². The fourth-order valence-electron chi connectivity index (χ4n) is 3.31. The molecular weight excluding hydrogens is 363 g/mol. The molecule has 2 aliphatic heterocycles. The minimum absolute atomic E-state index is 0.0519. The molecular formula is C17H19FN2O3S2. The summed E-state index contributed by atoms with van der Waals surface area (Å²) < 4.78 is 37.0.